The molecule has 0 aromatic carbocycles. The van der Waals surface area contributed by atoms with E-state index in [2.05, 4.69) is 24.0 Å². The standard InChI is InChI=1S/C10H19N3O/c1-3-5-9-12-10(14-13-9)8(2)6-4-7-11/h8H,3-7,11H2,1-2H3. The highest BCUT2D eigenvalue weighted by Crippen LogP contribution is 2.18. The van der Waals surface area contributed by atoms with Crippen LogP contribution in [0.1, 0.15) is 50.7 Å². The van der Waals surface area contributed by atoms with E-state index in [0.29, 0.717) is 5.92 Å². The van der Waals surface area contributed by atoms with Crippen molar-refractivity contribution in [2.45, 2.75) is 45.4 Å². The maximum atomic E-state index is 5.44. The van der Waals surface area contributed by atoms with Crippen molar-refractivity contribution in [3.05, 3.63) is 11.7 Å². The molecule has 4 heteroatoms. The maximum Gasteiger partial charge on any atom is 0.229 e. The molecule has 1 aromatic heterocycles. The highest BCUT2D eigenvalue weighted by atomic mass is 16.5. The molecule has 1 aromatic rings. The van der Waals surface area contributed by atoms with Gasteiger partial charge in [0, 0.05) is 12.3 Å². The molecule has 0 amide bonds. The lowest BCUT2D eigenvalue weighted by Crippen LogP contribution is -2.02. The minimum absolute atomic E-state index is 0.330. The summed E-state index contributed by atoms with van der Waals surface area (Å²) in [6.45, 7) is 4.92. The molecule has 0 radical (unpaired) electrons. The molecular weight excluding hydrogens is 178 g/mol. The van der Waals surface area contributed by atoms with Gasteiger partial charge >= 0.3 is 0 Å². The average Bonchev–Trinajstić information content (AvgIpc) is 2.63. The predicted molar refractivity (Wildman–Crippen MR) is 55.0 cm³/mol. The molecule has 0 saturated carbocycles. The van der Waals surface area contributed by atoms with E-state index >= 15 is 0 Å². The third-order valence-electron chi connectivity index (χ3n) is 2.22. The van der Waals surface area contributed by atoms with Gasteiger partial charge in [-0.1, -0.05) is 19.0 Å². The van der Waals surface area contributed by atoms with Crippen LogP contribution in [0.5, 0.6) is 0 Å². The van der Waals surface area contributed by atoms with Crippen LogP contribution in [-0.2, 0) is 6.42 Å². The molecule has 0 bridgehead atoms. The molecule has 0 spiro atoms. The number of rotatable bonds is 6. The molecule has 2 N–H and O–H groups in total. The topological polar surface area (TPSA) is 64.9 Å². The van der Waals surface area contributed by atoms with Gasteiger partial charge in [0.1, 0.15) is 0 Å². The minimum atomic E-state index is 0.330. The van der Waals surface area contributed by atoms with Crippen LogP contribution in [0.3, 0.4) is 0 Å². The van der Waals surface area contributed by atoms with E-state index < -0.39 is 0 Å². The Kier molecular flexibility index (Phi) is 4.59. The molecule has 14 heavy (non-hydrogen) atoms. The van der Waals surface area contributed by atoms with E-state index in [1.54, 1.807) is 0 Å². The van der Waals surface area contributed by atoms with Crippen molar-refractivity contribution in [2.24, 2.45) is 5.73 Å². The van der Waals surface area contributed by atoms with Crippen molar-refractivity contribution in [2.75, 3.05) is 6.54 Å². The summed E-state index contributed by atoms with van der Waals surface area (Å²) in [7, 11) is 0. The van der Waals surface area contributed by atoms with E-state index in [1.807, 2.05) is 0 Å². The van der Waals surface area contributed by atoms with Crippen LogP contribution in [0, 0.1) is 0 Å². The first-order valence-electron chi connectivity index (χ1n) is 5.30. The number of aryl methyl sites for hydroxylation is 1. The summed E-state index contributed by atoms with van der Waals surface area (Å²) >= 11 is 0. The molecule has 1 heterocycles. The number of nitrogens with zero attached hydrogens (tertiary/aromatic N) is 2. The van der Waals surface area contributed by atoms with E-state index in [4.69, 9.17) is 10.3 Å². The normalized spacial score (nSPS) is 13.1. The highest BCUT2D eigenvalue weighted by Gasteiger charge is 2.12. The lowest BCUT2D eigenvalue weighted by atomic mass is 10.1. The van der Waals surface area contributed by atoms with Gasteiger partial charge in [0.2, 0.25) is 5.89 Å². The number of hydrogen-bond acceptors (Lipinski definition) is 4. The summed E-state index contributed by atoms with van der Waals surface area (Å²) in [6.07, 6.45) is 3.97. The Morgan fingerprint density at radius 1 is 1.50 bits per heavy atom. The number of nitrogens with two attached hydrogens (primary N) is 1. The number of aromatic nitrogens is 2. The molecule has 1 atom stereocenters. The van der Waals surface area contributed by atoms with Gasteiger partial charge in [-0.15, -0.1) is 0 Å². The Morgan fingerprint density at radius 2 is 2.29 bits per heavy atom. The van der Waals surface area contributed by atoms with Crippen LogP contribution in [0.4, 0.5) is 0 Å². The van der Waals surface area contributed by atoms with Crippen LogP contribution < -0.4 is 5.73 Å². The van der Waals surface area contributed by atoms with Gasteiger partial charge in [-0.05, 0) is 25.8 Å². The third kappa shape index (κ3) is 3.10. The average molecular weight is 197 g/mol. The largest absolute Gasteiger partial charge is 0.339 e. The van der Waals surface area contributed by atoms with Gasteiger partial charge in [0.05, 0.1) is 0 Å². The second-order valence-corrected chi connectivity index (χ2v) is 3.63. The summed E-state index contributed by atoms with van der Waals surface area (Å²) in [5.41, 5.74) is 5.44. The summed E-state index contributed by atoms with van der Waals surface area (Å²) in [5.74, 6) is 1.90. The molecule has 1 unspecified atom stereocenters. The van der Waals surface area contributed by atoms with Crippen molar-refractivity contribution >= 4 is 0 Å². The second kappa shape index (κ2) is 5.75. The Labute approximate surface area is 84.9 Å². The minimum Gasteiger partial charge on any atom is -0.339 e. The fourth-order valence-corrected chi connectivity index (χ4v) is 1.34. The Morgan fingerprint density at radius 3 is 2.93 bits per heavy atom. The third-order valence-corrected chi connectivity index (χ3v) is 2.22. The van der Waals surface area contributed by atoms with Gasteiger partial charge in [-0.3, -0.25) is 0 Å². The molecular formula is C10H19N3O. The smallest absolute Gasteiger partial charge is 0.229 e. The quantitative estimate of drug-likeness (QED) is 0.756. The van der Waals surface area contributed by atoms with Crippen molar-refractivity contribution in [3.8, 4) is 0 Å². The van der Waals surface area contributed by atoms with Gasteiger partial charge < -0.3 is 10.3 Å². The van der Waals surface area contributed by atoms with Crippen LogP contribution in [0.25, 0.3) is 0 Å². The van der Waals surface area contributed by atoms with Crippen LogP contribution in [0.2, 0.25) is 0 Å². The second-order valence-electron chi connectivity index (χ2n) is 3.63. The van der Waals surface area contributed by atoms with E-state index in [1.165, 1.54) is 0 Å². The Bertz CT molecular complexity index is 260. The van der Waals surface area contributed by atoms with Gasteiger partial charge in [-0.2, -0.15) is 4.98 Å². The van der Waals surface area contributed by atoms with E-state index in [0.717, 1.165) is 43.9 Å². The molecule has 80 valence electrons. The summed E-state index contributed by atoms with van der Waals surface area (Å²) in [4.78, 5) is 4.33. The van der Waals surface area contributed by atoms with E-state index in [9.17, 15) is 0 Å². The van der Waals surface area contributed by atoms with Crippen LogP contribution in [-0.4, -0.2) is 16.7 Å². The summed E-state index contributed by atoms with van der Waals surface area (Å²) in [6, 6.07) is 0. The van der Waals surface area contributed by atoms with Gasteiger partial charge in [-0.25, -0.2) is 0 Å². The zero-order valence-electron chi connectivity index (χ0n) is 8.99. The molecule has 0 aliphatic heterocycles. The SMILES string of the molecule is CCCc1noc(C(C)CCCN)n1. The van der Waals surface area contributed by atoms with Crippen molar-refractivity contribution < 1.29 is 4.52 Å². The Hall–Kier alpha value is -0.900. The molecule has 1 rings (SSSR count). The molecule has 0 saturated heterocycles. The Balaban J connectivity index is 2.48. The zero-order chi connectivity index (χ0) is 10.4. The van der Waals surface area contributed by atoms with E-state index in [-0.39, 0.29) is 0 Å². The van der Waals surface area contributed by atoms with Crippen LogP contribution >= 0.6 is 0 Å². The summed E-state index contributed by atoms with van der Waals surface area (Å²) in [5, 5.41) is 3.92. The first-order chi connectivity index (χ1) is 6.77. The highest BCUT2D eigenvalue weighted by molar-refractivity contribution is 4.92. The first-order valence-corrected chi connectivity index (χ1v) is 5.30. The fraction of sp³-hybridized carbons (Fsp3) is 0.800. The zero-order valence-corrected chi connectivity index (χ0v) is 8.99. The summed E-state index contributed by atoms with van der Waals surface area (Å²) < 4.78 is 5.17. The maximum absolute atomic E-state index is 5.44. The predicted octanol–water partition coefficient (Wildman–Crippen LogP) is 1.86. The molecule has 0 aliphatic rings. The lowest BCUT2D eigenvalue weighted by molar-refractivity contribution is 0.348. The monoisotopic (exact) mass is 197 g/mol. The van der Waals surface area contributed by atoms with Crippen molar-refractivity contribution in [3.63, 3.8) is 0 Å². The number of hydrogen-bond donors (Lipinski definition) is 1. The molecule has 0 fully saturated rings. The van der Waals surface area contributed by atoms with Crippen LogP contribution in [0.15, 0.2) is 4.52 Å². The van der Waals surface area contributed by atoms with Gasteiger partial charge in [0.15, 0.2) is 5.82 Å². The first kappa shape index (κ1) is 11.2. The lowest BCUT2D eigenvalue weighted by Gasteiger charge is -2.03. The van der Waals surface area contributed by atoms with Crippen molar-refractivity contribution in [1.29, 1.82) is 0 Å². The van der Waals surface area contributed by atoms with Gasteiger partial charge in [0.25, 0.3) is 0 Å². The fourth-order valence-electron chi connectivity index (χ4n) is 1.34. The van der Waals surface area contributed by atoms with Crippen molar-refractivity contribution in [1.82, 2.24) is 10.1 Å². The molecule has 0 aliphatic carbocycles. The molecule has 4 nitrogen and oxygen atoms in total.